The number of nitrogens with one attached hydrogen (secondary N) is 1. The van der Waals surface area contributed by atoms with Gasteiger partial charge in [0.15, 0.2) is 0 Å². The van der Waals surface area contributed by atoms with Crippen molar-refractivity contribution in [2.45, 2.75) is 18.9 Å². The van der Waals surface area contributed by atoms with Gasteiger partial charge in [0.25, 0.3) is 0 Å². The van der Waals surface area contributed by atoms with Crippen molar-refractivity contribution in [1.29, 1.82) is 0 Å². The van der Waals surface area contributed by atoms with Crippen LogP contribution in [-0.4, -0.2) is 40.3 Å². The van der Waals surface area contributed by atoms with E-state index in [1.807, 2.05) is 0 Å². The number of carbonyl (C=O) groups is 1. The number of hydrogen-bond acceptors (Lipinski definition) is 4. The van der Waals surface area contributed by atoms with E-state index < -0.39 is 6.09 Å². The first kappa shape index (κ1) is 12.1. The zero-order valence-corrected chi connectivity index (χ0v) is 10.7. The summed E-state index contributed by atoms with van der Waals surface area (Å²) < 4.78 is 0.851. The molecule has 1 amide bonds. The molecule has 1 aromatic rings. The van der Waals surface area contributed by atoms with Crippen molar-refractivity contribution in [3.63, 3.8) is 0 Å². The SMILES string of the molecule is O=C(O)NC1CCN(c2ncc(Br)cn2)CC1. The second-order valence-corrected chi connectivity index (χ2v) is 4.83. The molecule has 0 aromatic carbocycles. The van der Waals surface area contributed by atoms with Crippen LogP contribution < -0.4 is 10.2 Å². The number of rotatable bonds is 2. The average molecular weight is 301 g/mol. The van der Waals surface area contributed by atoms with Crippen LogP contribution >= 0.6 is 15.9 Å². The van der Waals surface area contributed by atoms with Crippen LogP contribution in [-0.2, 0) is 0 Å². The van der Waals surface area contributed by atoms with Crippen LogP contribution in [0.1, 0.15) is 12.8 Å². The van der Waals surface area contributed by atoms with Gasteiger partial charge in [-0.1, -0.05) is 0 Å². The molecule has 1 fully saturated rings. The molecule has 6 nitrogen and oxygen atoms in total. The lowest BCUT2D eigenvalue weighted by atomic mass is 10.1. The van der Waals surface area contributed by atoms with Gasteiger partial charge in [-0.25, -0.2) is 14.8 Å². The Kier molecular flexibility index (Phi) is 3.78. The minimum atomic E-state index is -0.955. The van der Waals surface area contributed by atoms with E-state index in [1.54, 1.807) is 12.4 Å². The van der Waals surface area contributed by atoms with Crippen molar-refractivity contribution in [3.05, 3.63) is 16.9 Å². The molecule has 2 heterocycles. The van der Waals surface area contributed by atoms with Crippen molar-refractivity contribution < 1.29 is 9.90 Å². The Morgan fingerprint density at radius 2 is 2.00 bits per heavy atom. The van der Waals surface area contributed by atoms with E-state index in [2.05, 4.69) is 36.1 Å². The Labute approximate surface area is 107 Å². The Morgan fingerprint density at radius 3 is 2.53 bits per heavy atom. The number of halogens is 1. The molecule has 1 aliphatic heterocycles. The average Bonchev–Trinajstić information content (AvgIpc) is 2.30. The van der Waals surface area contributed by atoms with Gasteiger partial charge in [0.1, 0.15) is 0 Å². The smallest absolute Gasteiger partial charge is 0.404 e. The second kappa shape index (κ2) is 5.31. The molecule has 0 atom stereocenters. The maximum Gasteiger partial charge on any atom is 0.404 e. The largest absolute Gasteiger partial charge is 0.465 e. The molecule has 0 spiro atoms. The van der Waals surface area contributed by atoms with Crippen molar-refractivity contribution in [2.75, 3.05) is 18.0 Å². The van der Waals surface area contributed by atoms with E-state index >= 15 is 0 Å². The molecule has 0 saturated carbocycles. The topological polar surface area (TPSA) is 78.4 Å². The number of nitrogens with zero attached hydrogens (tertiary/aromatic N) is 3. The second-order valence-electron chi connectivity index (χ2n) is 3.91. The van der Waals surface area contributed by atoms with Gasteiger partial charge in [-0.15, -0.1) is 0 Å². The van der Waals surface area contributed by atoms with E-state index in [-0.39, 0.29) is 6.04 Å². The fourth-order valence-corrected chi connectivity index (χ4v) is 2.07. The highest BCUT2D eigenvalue weighted by Gasteiger charge is 2.21. The van der Waals surface area contributed by atoms with Gasteiger partial charge in [0, 0.05) is 31.5 Å². The summed E-state index contributed by atoms with van der Waals surface area (Å²) in [6.07, 6.45) is 4.04. The highest BCUT2D eigenvalue weighted by atomic mass is 79.9. The Hall–Kier alpha value is -1.37. The van der Waals surface area contributed by atoms with E-state index in [1.165, 1.54) is 0 Å². The Bertz CT molecular complexity index is 390. The molecule has 1 aliphatic rings. The molecule has 0 bridgehead atoms. The van der Waals surface area contributed by atoms with Crippen LogP contribution in [0.5, 0.6) is 0 Å². The molecule has 1 aromatic heterocycles. The number of amides is 1. The fraction of sp³-hybridized carbons (Fsp3) is 0.500. The standard InChI is InChI=1S/C10H13BrN4O2/c11-7-5-12-9(13-6-7)15-3-1-8(2-4-15)14-10(16)17/h5-6,8,14H,1-4H2,(H,16,17). The summed E-state index contributed by atoms with van der Waals surface area (Å²) in [5.41, 5.74) is 0. The molecule has 2 N–H and O–H groups in total. The third-order valence-corrected chi connectivity index (χ3v) is 3.12. The summed E-state index contributed by atoms with van der Waals surface area (Å²) >= 11 is 3.29. The van der Waals surface area contributed by atoms with Crippen LogP contribution in [0.3, 0.4) is 0 Å². The minimum absolute atomic E-state index is 0.0409. The predicted molar refractivity (Wildman–Crippen MR) is 66.1 cm³/mol. The van der Waals surface area contributed by atoms with Crippen LogP contribution in [0.25, 0.3) is 0 Å². The first-order valence-corrected chi connectivity index (χ1v) is 6.16. The summed E-state index contributed by atoms with van der Waals surface area (Å²) in [6, 6.07) is 0.0409. The van der Waals surface area contributed by atoms with Crippen LogP contribution in [0.2, 0.25) is 0 Å². The quantitative estimate of drug-likeness (QED) is 0.865. The molecule has 7 heteroatoms. The maximum absolute atomic E-state index is 10.5. The van der Waals surface area contributed by atoms with E-state index in [4.69, 9.17) is 5.11 Å². The molecular formula is C10H13BrN4O2. The third kappa shape index (κ3) is 3.29. The van der Waals surface area contributed by atoms with Gasteiger partial charge in [0.2, 0.25) is 5.95 Å². The summed E-state index contributed by atoms with van der Waals surface area (Å²) in [7, 11) is 0. The highest BCUT2D eigenvalue weighted by Crippen LogP contribution is 2.16. The number of anilines is 1. The lowest BCUT2D eigenvalue weighted by Crippen LogP contribution is -2.44. The van der Waals surface area contributed by atoms with Crippen LogP contribution in [0.4, 0.5) is 10.7 Å². The zero-order valence-electron chi connectivity index (χ0n) is 9.14. The Balaban J connectivity index is 1.90. The molecule has 2 rings (SSSR count). The summed E-state index contributed by atoms with van der Waals surface area (Å²) in [4.78, 5) is 21.0. The van der Waals surface area contributed by atoms with Gasteiger partial charge in [0.05, 0.1) is 4.47 Å². The highest BCUT2D eigenvalue weighted by molar-refractivity contribution is 9.10. The fourth-order valence-electron chi connectivity index (χ4n) is 1.87. The lowest BCUT2D eigenvalue weighted by molar-refractivity contribution is 0.187. The maximum atomic E-state index is 10.5. The van der Waals surface area contributed by atoms with E-state index in [0.717, 1.165) is 30.4 Å². The van der Waals surface area contributed by atoms with Gasteiger partial charge >= 0.3 is 6.09 Å². The normalized spacial score (nSPS) is 16.9. The van der Waals surface area contributed by atoms with Crippen molar-refractivity contribution in [1.82, 2.24) is 15.3 Å². The van der Waals surface area contributed by atoms with Crippen molar-refractivity contribution in [3.8, 4) is 0 Å². The third-order valence-electron chi connectivity index (χ3n) is 2.71. The summed E-state index contributed by atoms with van der Waals surface area (Å²) in [6.45, 7) is 1.54. The van der Waals surface area contributed by atoms with E-state index in [9.17, 15) is 4.79 Å². The first-order chi connectivity index (χ1) is 8.15. The Morgan fingerprint density at radius 1 is 1.41 bits per heavy atom. The molecule has 0 aliphatic carbocycles. The molecule has 1 saturated heterocycles. The zero-order chi connectivity index (χ0) is 12.3. The lowest BCUT2D eigenvalue weighted by Gasteiger charge is -2.31. The number of piperidine rings is 1. The van der Waals surface area contributed by atoms with E-state index in [0.29, 0.717) is 5.95 Å². The molecular weight excluding hydrogens is 288 g/mol. The number of hydrogen-bond donors (Lipinski definition) is 2. The van der Waals surface area contributed by atoms with Gasteiger partial charge in [-0.2, -0.15) is 0 Å². The first-order valence-electron chi connectivity index (χ1n) is 5.37. The molecule has 0 radical (unpaired) electrons. The van der Waals surface area contributed by atoms with Crippen LogP contribution in [0.15, 0.2) is 16.9 Å². The molecule has 0 unspecified atom stereocenters. The monoisotopic (exact) mass is 300 g/mol. The van der Waals surface area contributed by atoms with Crippen molar-refractivity contribution >= 4 is 28.0 Å². The molecule has 17 heavy (non-hydrogen) atoms. The number of aromatic nitrogens is 2. The summed E-state index contributed by atoms with van der Waals surface area (Å²) in [5.74, 6) is 0.696. The van der Waals surface area contributed by atoms with Crippen molar-refractivity contribution in [2.24, 2.45) is 0 Å². The van der Waals surface area contributed by atoms with Gasteiger partial charge < -0.3 is 15.3 Å². The predicted octanol–water partition coefficient (Wildman–Crippen LogP) is 1.48. The van der Waals surface area contributed by atoms with Crippen LogP contribution in [0, 0.1) is 0 Å². The summed E-state index contributed by atoms with van der Waals surface area (Å²) in [5, 5.41) is 11.1. The van der Waals surface area contributed by atoms with Gasteiger partial charge in [-0.3, -0.25) is 0 Å². The number of carboxylic acid groups (broad SMARTS) is 1. The van der Waals surface area contributed by atoms with Gasteiger partial charge in [-0.05, 0) is 28.8 Å². The minimum Gasteiger partial charge on any atom is -0.465 e. The molecule has 92 valence electrons.